The van der Waals surface area contributed by atoms with Gasteiger partial charge in [0, 0.05) is 22.8 Å². The lowest BCUT2D eigenvalue weighted by Gasteiger charge is -2.24. The standard InChI is InChI=1S/C22H14ClN3O5/c23-14-9-7-13(8-10-14)20(27)18-19(16-5-1-2-6-17(16)26(30)31)25(22(29)21(18)28)15-4-3-11-24-12-15/h1-12,19,27H/b20-18+. The molecule has 9 heteroatoms. The molecule has 1 aromatic heterocycles. The minimum Gasteiger partial charge on any atom is -0.507 e. The fourth-order valence-electron chi connectivity index (χ4n) is 3.54. The van der Waals surface area contributed by atoms with Crippen molar-refractivity contribution < 1.29 is 19.6 Å². The van der Waals surface area contributed by atoms with Gasteiger partial charge in [0.1, 0.15) is 11.8 Å². The Kier molecular flexibility index (Phi) is 5.22. The second-order valence-corrected chi connectivity index (χ2v) is 7.14. The maximum atomic E-state index is 13.0. The maximum absolute atomic E-state index is 13.0. The number of nitro groups is 1. The quantitative estimate of drug-likeness (QED) is 0.215. The summed E-state index contributed by atoms with van der Waals surface area (Å²) in [6.07, 6.45) is 2.86. The number of aromatic nitrogens is 1. The second kappa shape index (κ2) is 8.00. The Balaban J connectivity index is 2.01. The van der Waals surface area contributed by atoms with Crippen LogP contribution in [-0.4, -0.2) is 26.7 Å². The topological polar surface area (TPSA) is 114 Å². The number of ketones is 1. The van der Waals surface area contributed by atoms with Crippen LogP contribution in [0.25, 0.3) is 5.76 Å². The number of carbonyl (C=O) groups excluding carboxylic acids is 2. The minimum atomic E-state index is -1.22. The molecule has 1 aliphatic rings. The number of nitrogens with zero attached hydrogens (tertiary/aromatic N) is 3. The molecule has 0 saturated carbocycles. The van der Waals surface area contributed by atoms with Crippen LogP contribution in [0.3, 0.4) is 0 Å². The van der Waals surface area contributed by atoms with Crippen LogP contribution in [0.1, 0.15) is 17.2 Å². The van der Waals surface area contributed by atoms with E-state index in [1.807, 2.05) is 0 Å². The van der Waals surface area contributed by atoms with E-state index in [9.17, 15) is 24.8 Å². The van der Waals surface area contributed by atoms with Gasteiger partial charge < -0.3 is 5.11 Å². The van der Waals surface area contributed by atoms with E-state index in [0.717, 1.165) is 4.90 Å². The fraction of sp³-hybridized carbons (Fsp3) is 0.0455. The number of rotatable bonds is 4. The molecule has 2 heterocycles. The van der Waals surface area contributed by atoms with Gasteiger partial charge in [0.2, 0.25) is 0 Å². The molecule has 1 amide bonds. The number of halogens is 1. The van der Waals surface area contributed by atoms with E-state index < -0.39 is 28.4 Å². The van der Waals surface area contributed by atoms with E-state index >= 15 is 0 Å². The molecule has 1 fully saturated rings. The van der Waals surface area contributed by atoms with Gasteiger partial charge in [-0.05, 0) is 42.5 Å². The highest BCUT2D eigenvalue weighted by Gasteiger charge is 2.49. The predicted molar refractivity (Wildman–Crippen MR) is 114 cm³/mol. The number of hydrogen-bond acceptors (Lipinski definition) is 6. The van der Waals surface area contributed by atoms with Crippen molar-refractivity contribution in [3.05, 3.63) is 105 Å². The second-order valence-electron chi connectivity index (χ2n) is 6.70. The molecule has 0 spiro atoms. The summed E-state index contributed by atoms with van der Waals surface area (Å²) in [4.78, 5) is 42.2. The molecule has 4 rings (SSSR count). The summed E-state index contributed by atoms with van der Waals surface area (Å²) >= 11 is 5.90. The van der Waals surface area contributed by atoms with Crippen molar-refractivity contribution in [3.8, 4) is 0 Å². The zero-order valence-electron chi connectivity index (χ0n) is 15.8. The molecule has 1 N–H and O–H groups in total. The van der Waals surface area contributed by atoms with Gasteiger partial charge in [0.05, 0.1) is 27.9 Å². The van der Waals surface area contributed by atoms with E-state index in [4.69, 9.17) is 11.6 Å². The smallest absolute Gasteiger partial charge is 0.300 e. The predicted octanol–water partition coefficient (Wildman–Crippen LogP) is 4.27. The van der Waals surface area contributed by atoms with E-state index in [1.165, 1.54) is 54.9 Å². The largest absolute Gasteiger partial charge is 0.507 e. The van der Waals surface area contributed by atoms with Crippen LogP contribution in [0.2, 0.25) is 5.02 Å². The normalized spacial score (nSPS) is 17.7. The number of amides is 1. The number of Topliss-reactive ketones (excluding diaryl/α,β-unsaturated/α-hetero) is 1. The third kappa shape index (κ3) is 3.53. The molecule has 3 aromatic rings. The number of carbonyl (C=O) groups is 2. The number of pyridine rings is 1. The zero-order valence-corrected chi connectivity index (χ0v) is 16.6. The summed E-state index contributed by atoms with van der Waals surface area (Å²) in [6, 6.07) is 13.7. The molecule has 1 saturated heterocycles. The highest BCUT2D eigenvalue weighted by molar-refractivity contribution is 6.51. The average Bonchev–Trinajstić information content (AvgIpc) is 3.05. The number of nitro benzene ring substituents is 1. The summed E-state index contributed by atoms with van der Waals surface area (Å²) < 4.78 is 0. The van der Waals surface area contributed by atoms with Crippen molar-refractivity contribution in [2.24, 2.45) is 0 Å². The Morgan fingerprint density at radius 2 is 1.77 bits per heavy atom. The van der Waals surface area contributed by atoms with Crippen LogP contribution in [0.15, 0.2) is 78.6 Å². The molecule has 8 nitrogen and oxygen atoms in total. The molecular weight excluding hydrogens is 422 g/mol. The maximum Gasteiger partial charge on any atom is 0.300 e. The van der Waals surface area contributed by atoms with Crippen molar-refractivity contribution in [2.75, 3.05) is 4.90 Å². The van der Waals surface area contributed by atoms with Gasteiger partial charge in [0.25, 0.3) is 17.4 Å². The Bertz CT molecular complexity index is 1230. The summed E-state index contributed by atoms with van der Waals surface area (Å²) in [7, 11) is 0. The van der Waals surface area contributed by atoms with Crippen LogP contribution in [0.4, 0.5) is 11.4 Å². The number of aliphatic hydroxyl groups is 1. The Hall–Kier alpha value is -4.04. The summed E-state index contributed by atoms with van der Waals surface area (Å²) in [5.41, 5.74) is 0.0573. The Morgan fingerprint density at radius 1 is 1.06 bits per heavy atom. The molecule has 1 aliphatic heterocycles. The van der Waals surface area contributed by atoms with Crippen molar-refractivity contribution in [3.63, 3.8) is 0 Å². The molecule has 0 radical (unpaired) electrons. The summed E-state index contributed by atoms with van der Waals surface area (Å²) in [5.74, 6) is -2.34. The van der Waals surface area contributed by atoms with Crippen LogP contribution in [-0.2, 0) is 9.59 Å². The lowest BCUT2D eigenvalue weighted by Crippen LogP contribution is -2.29. The SMILES string of the molecule is O=C1C(=O)N(c2cccnc2)C(c2ccccc2[N+](=O)[O-])/C1=C(\O)c1ccc(Cl)cc1. The Labute approximate surface area is 181 Å². The van der Waals surface area contributed by atoms with E-state index in [0.29, 0.717) is 5.02 Å². The molecule has 31 heavy (non-hydrogen) atoms. The molecule has 1 atom stereocenters. The number of anilines is 1. The first kappa shape index (κ1) is 20.2. The molecular formula is C22H14ClN3O5. The monoisotopic (exact) mass is 435 g/mol. The van der Waals surface area contributed by atoms with Gasteiger partial charge >= 0.3 is 0 Å². The van der Waals surface area contributed by atoms with Gasteiger partial charge in [-0.25, -0.2) is 0 Å². The van der Waals surface area contributed by atoms with Crippen molar-refractivity contribution in [1.82, 2.24) is 4.98 Å². The van der Waals surface area contributed by atoms with Crippen molar-refractivity contribution in [1.29, 1.82) is 0 Å². The van der Waals surface area contributed by atoms with Crippen LogP contribution in [0.5, 0.6) is 0 Å². The first-order valence-electron chi connectivity index (χ1n) is 9.10. The van der Waals surface area contributed by atoms with Gasteiger partial charge in [-0.15, -0.1) is 0 Å². The summed E-state index contributed by atoms with van der Waals surface area (Å²) in [5, 5.41) is 23.1. The van der Waals surface area contributed by atoms with Gasteiger partial charge in [-0.3, -0.25) is 29.6 Å². The highest BCUT2D eigenvalue weighted by Crippen LogP contribution is 2.44. The molecule has 154 valence electrons. The number of benzene rings is 2. The summed E-state index contributed by atoms with van der Waals surface area (Å²) in [6.45, 7) is 0. The minimum absolute atomic E-state index is 0.0890. The van der Waals surface area contributed by atoms with E-state index in [-0.39, 0.29) is 28.1 Å². The first-order chi connectivity index (χ1) is 14.9. The van der Waals surface area contributed by atoms with Crippen molar-refractivity contribution in [2.45, 2.75) is 6.04 Å². The molecule has 1 unspecified atom stereocenters. The highest BCUT2D eigenvalue weighted by atomic mass is 35.5. The van der Waals surface area contributed by atoms with Gasteiger partial charge in [0.15, 0.2) is 0 Å². The van der Waals surface area contributed by atoms with Crippen molar-refractivity contribution >= 4 is 40.4 Å². The van der Waals surface area contributed by atoms with Crippen LogP contribution >= 0.6 is 11.6 Å². The lowest BCUT2D eigenvalue weighted by atomic mass is 9.94. The number of hydrogen-bond donors (Lipinski definition) is 1. The van der Waals surface area contributed by atoms with E-state index in [2.05, 4.69) is 4.98 Å². The Morgan fingerprint density at radius 3 is 2.42 bits per heavy atom. The first-order valence-corrected chi connectivity index (χ1v) is 9.48. The fourth-order valence-corrected chi connectivity index (χ4v) is 3.66. The lowest BCUT2D eigenvalue weighted by molar-refractivity contribution is -0.385. The average molecular weight is 436 g/mol. The van der Waals surface area contributed by atoms with E-state index in [1.54, 1.807) is 18.2 Å². The van der Waals surface area contributed by atoms with Gasteiger partial charge in [-0.2, -0.15) is 0 Å². The third-order valence-electron chi connectivity index (χ3n) is 4.91. The number of para-hydroxylation sites is 1. The zero-order chi connectivity index (χ0) is 22.1. The van der Waals surface area contributed by atoms with Crippen LogP contribution < -0.4 is 4.90 Å². The van der Waals surface area contributed by atoms with Gasteiger partial charge in [-0.1, -0.05) is 23.7 Å². The number of aliphatic hydroxyl groups excluding tert-OH is 1. The third-order valence-corrected chi connectivity index (χ3v) is 5.17. The molecule has 0 bridgehead atoms. The van der Waals surface area contributed by atoms with Crippen LogP contribution in [0, 0.1) is 10.1 Å². The molecule has 0 aliphatic carbocycles. The molecule has 2 aromatic carbocycles.